The maximum Gasteiger partial charge on any atom is 0.257 e. The lowest BCUT2D eigenvalue weighted by atomic mass is 10.1. The highest BCUT2D eigenvalue weighted by Crippen LogP contribution is 2.24. The first-order chi connectivity index (χ1) is 15.6. The van der Waals surface area contributed by atoms with E-state index >= 15 is 0 Å². The normalized spacial score (nSPS) is 14.7. The predicted octanol–water partition coefficient (Wildman–Crippen LogP) is 3.23. The average molecular weight is 438 g/mol. The van der Waals surface area contributed by atoms with Gasteiger partial charge < -0.3 is 25.6 Å². The van der Waals surface area contributed by atoms with Crippen LogP contribution in [0, 0.1) is 0 Å². The van der Waals surface area contributed by atoms with Crippen LogP contribution >= 0.6 is 0 Å². The van der Waals surface area contributed by atoms with E-state index in [1.54, 1.807) is 7.05 Å². The molecule has 1 unspecified atom stereocenters. The van der Waals surface area contributed by atoms with Gasteiger partial charge in [-0.15, -0.1) is 0 Å². The zero-order chi connectivity index (χ0) is 22.8. The molecule has 1 amide bonds. The van der Waals surface area contributed by atoms with E-state index in [2.05, 4.69) is 57.0 Å². The number of hydrogen-bond donors (Lipinski definition) is 3. The number of aliphatic imine (C=N–C) groups is 1. The van der Waals surface area contributed by atoms with Crippen LogP contribution in [-0.2, 0) is 11.3 Å². The van der Waals surface area contributed by atoms with E-state index in [9.17, 15) is 4.79 Å². The molecule has 1 saturated heterocycles. The molecule has 1 heterocycles. The topological polar surface area (TPSA) is 78.0 Å². The Morgan fingerprint density at radius 2 is 1.91 bits per heavy atom. The van der Waals surface area contributed by atoms with Crippen molar-refractivity contribution in [1.82, 2.24) is 16.0 Å². The lowest BCUT2D eigenvalue weighted by molar-refractivity contribution is -0.122. The SMILES string of the molecule is CCNC(=O)COc1cccc(CNC(=NC)NC(C)c2cccc(N3CCCC3)c2)c1. The van der Waals surface area contributed by atoms with Crippen molar-refractivity contribution in [2.45, 2.75) is 39.3 Å². The van der Waals surface area contributed by atoms with Crippen LogP contribution in [0.5, 0.6) is 5.75 Å². The number of rotatable bonds is 9. The molecule has 0 saturated carbocycles. The van der Waals surface area contributed by atoms with Crippen LogP contribution in [0.3, 0.4) is 0 Å². The van der Waals surface area contributed by atoms with Crippen molar-refractivity contribution in [1.29, 1.82) is 0 Å². The summed E-state index contributed by atoms with van der Waals surface area (Å²) in [4.78, 5) is 18.4. The smallest absolute Gasteiger partial charge is 0.257 e. The van der Waals surface area contributed by atoms with Crippen molar-refractivity contribution in [3.05, 3.63) is 59.7 Å². The molecule has 1 atom stereocenters. The summed E-state index contributed by atoms with van der Waals surface area (Å²) < 4.78 is 5.58. The molecule has 2 aromatic carbocycles. The Balaban J connectivity index is 1.53. The Bertz CT molecular complexity index is 909. The Hall–Kier alpha value is -3.22. The average Bonchev–Trinajstić information content (AvgIpc) is 3.36. The summed E-state index contributed by atoms with van der Waals surface area (Å²) in [5, 5.41) is 9.56. The highest BCUT2D eigenvalue weighted by molar-refractivity contribution is 5.80. The van der Waals surface area contributed by atoms with Crippen molar-refractivity contribution < 1.29 is 9.53 Å². The third-order valence-corrected chi connectivity index (χ3v) is 5.52. The maximum atomic E-state index is 11.6. The number of carbonyl (C=O) groups is 1. The number of nitrogens with one attached hydrogen (secondary N) is 3. The molecular weight excluding hydrogens is 402 g/mol. The molecule has 2 aromatic rings. The molecule has 0 bridgehead atoms. The first-order valence-corrected chi connectivity index (χ1v) is 11.4. The number of hydrogen-bond acceptors (Lipinski definition) is 4. The summed E-state index contributed by atoms with van der Waals surface area (Å²) >= 11 is 0. The van der Waals surface area contributed by atoms with E-state index in [-0.39, 0.29) is 18.6 Å². The predicted molar refractivity (Wildman–Crippen MR) is 130 cm³/mol. The van der Waals surface area contributed by atoms with Gasteiger partial charge >= 0.3 is 0 Å². The summed E-state index contributed by atoms with van der Waals surface area (Å²) in [5.74, 6) is 1.28. The van der Waals surface area contributed by atoms with E-state index in [1.807, 2.05) is 31.2 Å². The van der Waals surface area contributed by atoms with Crippen LogP contribution in [0.15, 0.2) is 53.5 Å². The van der Waals surface area contributed by atoms with Crippen LogP contribution in [0.2, 0.25) is 0 Å². The number of anilines is 1. The molecule has 3 N–H and O–H groups in total. The fourth-order valence-electron chi connectivity index (χ4n) is 3.78. The third kappa shape index (κ3) is 6.90. The van der Waals surface area contributed by atoms with Crippen molar-refractivity contribution >= 4 is 17.6 Å². The molecule has 7 nitrogen and oxygen atoms in total. The Labute approximate surface area is 191 Å². The minimum atomic E-state index is -0.122. The van der Waals surface area contributed by atoms with E-state index in [0.717, 1.165) is 24.6 Å². The van der Waals surface area contributed by atoms with E-state index in [1.165, 1.54) is 24.1 Å². The van der Waals surface area contributed by atoms with Gasteiger partial charge in [-0.1, -0.05) is 24.3 Å². The summed E-state index contributed by atoms with van der Waals surface area (Å²) in [6.45, 7) is 7.52. The first kappa shape index (κ1) is 23.4. The highest BCUT2D eigenvalue weighted by atomic mass is 16.5. The molecule has 3 rings (SSSR count). The van der Waals surface area contributed by atoms with Gasteiger partial charge in [-0.25, -0.2) is 0 Å². The van der Waals surface area contributed by atoms with Gasteiger partial charge in [0.1, 0.15) is 5.75 Å². The minimum Gasteiger partial charge on any atom is -0.484 e. The lowest BCUT2D eigenvalue weighted by Crippen LogP contribution is -2.38. The monoisotopic (exact) mass is 437 g/mol. The molecule has 1 fully saturated rings. The number of ether oxygens (including phenoxy) is 1. The van der Waals surface area contributed by atoms with Gasteiger partial charge in [-0.05, 0) is 62.1 Å². The van der Waals surface area contributed by atoms with Crippen molar-refractivity contribution in [3.63, 3.8) is 0 Å². The van der Waals surface area contributed by atoms with Gasteiger partial charge in [0, 0.05) is 38.9 Å². The second-order valence-electron chi connectivity index (χ2n) is 7.97. The number of carbonyl (C=O) groups excluding carboxylic acids is 1. The first-order valence-electron chi connectivity index (χ1n) is 11.4. The summed E-state index contributed by atoms with van der Waals surface area (Å²) in [6, 6.07) is 16.6. The number of likely N-dealkylation sites (N-methyl/N-ethyl adjacent to an activating group) is 1. The summed E-state index contributed by atoms with van der Waals surface area (Å²) in [5.41, 5.74) is 3.57. The molecule has 0 radical (unpaired) electrons. The van der Waals surface area contributed by atoms with E-state index in [4.69, 9.17) is 4.74 Å². The largest absolute Gasteiger partial charge is 0.484 e. The number of guanidine groups is 1. The van der Waals surface area contributed by atoms with Crippen molar-refractivity contribution in [2.75, 3.05) is 38.2 Å². The number of nitrogens with zero attached hydrogens (tertiary/aromatic N) is 2. The van der Waals surface area contributed by atoms with Crippen LogP contribution in [0.1, 0.15) is 43.9 Å². The van der Waals surface area contributed by atoms with Crippen LogP contribution in [0.4, 0.5) is 5.69 Å². The molecule has 7 heteroatoms. The van der Waals surface area contributed by atoms with Gasteiger partial charge in [0.15, 0.2) is 12.6 Å². The van der Waals surface area contributed by atoms with Gasteiger partial charge in [-0.3, -0.25) is 9.79 Å². The van der Waals surface area contributed by atoms with Crippen molar-refractivity contribution in [2.24, 2.45) is 4.99 Å². The highest BCUT2D eigenvalue weighted by Gasteiger charge is 2.14. The zero-order valence-electron chi connectivity index (χ0n) is 19.4. The lowest BCUT2D eigenvalue weighted by Gasteiger charge is -2.22. The standard InChI is InChI=1S/C25H35N5O2/c1-4-27-24(31)18-32-23-12-7-9-20(15-23)17-28-25(26-3)29-19(2)21-10-8-11-22(16-21)30-13-5-6-14-30/h7-12,15-16,19H,4-6,13-14,17-18H2,1-3H3,(H,27,31)(H2,26,28,29). The van der Waals surface area contributed by atoms with E-state index < -0.39 is 0 Å². The van der Waals surface area contributed by atoms with Crippen LogP contribution < -0.4 is 25.6 Å². The molecular formula is C25H35N5O2. The fourth-order valence-corrected chi connectivity index (χ4v) is 3.78. The van der Waals surface area contributed by atoms with Gasteiger partial charge in [0.2, 0.25) is 0 Å². The molecule has 0 aromatic heterocycles. The summed E-state index contributed by atoms with van der Waals surface area (Å²) in [6.07, 6.45) is 2.54. The number of amides is 1. The molecule has 1 aliphatic rings. The summed E-state index contributed by atoms with van der Waals surface area (Å²) in [7, 11) is 1.77. The molecule has 172 valence electrons. The maximum absolute atomic E-state index is 11.6. The van der Waals surface area contributed by atoms with Gasteiger partial charge in [0.05, 0.1) is 6.04 Å². The van der Waals surface area contributed by atoms with Crippen LogP contribution in [-0.4, -0.2) is 45.2 Å². The van der Waals surface area contributed by atoms with Gasteiger partial charge in [-0.2, -0.15) is 0 Å². The molecule has 32 heavy (non-hydrogen) atoms. The second kappa shape index (κ2) is 12.0. The fraction of sp³-hybridized carbons (Fsp3) is 0.440. The quantitative estimate of drug-likeness (QED) is 0.415. The molecule has 0 aliphatic carbocycles. The zero-order valence-corrected chi connectivity index (χ0v) is 19.4. The minimum absolute atomic E-state index is 0.0158. The Morgan fingerprint density at radius 3 is 2.66 bits per heavy atom. The number of benzene rings is 2. The van der Waals surface area contributed by atoms with Crippen molar-refractivity contribution in [3.8, 4) is 5.75 Å². The molecule has 0 spiro atoms. The Morgan fingerprint density at radius 1 is 1.12 bits per heavy atom. The van der Waals surface area contributed by atoms with Crippen LogP contribution in [0.25, 0.3) is 0 Å². The third-order valence-electron chi connectivity index (χ3n) is 5.52. The second-order valence-corrected chi connectivity index (χ2v) is 7.97. The van der Waals surface area contributed by atoms with Gasteiger partial charge in [0.25, 0.3) is 5.91 Å². The van der Waals surface area contributed by atoms with E-state index in [0.29, 0.717) is 18.8 Å². The Kier molecular flexibility index (Phi) is 8.78. The molecule has 1 aliphatic heterocycles.